The predicted molar refractivity (Wildman–Crippen MR) is 88.1 cm³/mol. The summed E-state index contributed by atoms with van der Waals surface area (Å²) < 4.78 is 0. The first kappa shape index (κ1) is 14.3. The number of aromatic amines is 1. The summed E-state index contributed by atoms with van der Waals surface area (Å²) in [7, 11) is 0. The fourth-order valence-corrected chi connectivity index (χ4v) is 3.92. The Labute approximate surface area is 135 Å². The Hall–Kier alpha value is -2.30. The van der Waals surface area contributed by atoms with Crippen molar-refractivity contribution in [2.75, 3.05) is 6.54 Å². The zero-order valence-corrected chi connectivity index (χ0v) is 13.0. The zero-order chi connectivity index (χ0) is 15.8. The summed E-state index contributed by atoms with van der Waals surface area (Å²) in [4.78, 5) is 29.9. The molecule has 0 bridgehead atoms. The largest absolute Gasteiger partial charge is 0.360 e. The van der Waals surface area contributed by atoms with Gasteiger partial charge in [-0.05, 0) is 18.9 Å². The molecule has 5 heteroatoms. The Morgan fingerprint density at radius 1 is 1.22 bits per heavy atom. The Bertz CT molecular complexity index is 746. The second kappa shape index (κ2) is 5.72. The molecule has 1 atom stereocenters. The Morgan fingerprint density at radius 3 is 2.83 bits per heavy atom. The van der Waals surface area contributed by atoms with Crippen LogP contribution in [0, 0.1) is 0 Å². The molecule has 1 saturated heterocycles. The monoisotopic (exact) mass is 311 g/mol. The van der Waals surface area contributed by atoms with Crippen LogP contribution in [0.5, 0.6) is 0 Å². The van der Waals surface area contributed by atoms with E-state index in [4.69, 9.17) is 0 Å². The van der Waals surface area contributed by atoms with E-state index in [0.29, 0.717) is 24.6 Å². The van der Waals surface area contributed by atoms with Gasteiger partial charge in [0.15, 0.2) is 0 Å². The van der Waals surface area contributed by atoms with Crippen molar-refractivity contribution in [3.05, 3.63) is 36.0 Å². The van der Waals surface area contributed by atoms with Gasteiger partial charge in [-0.1, -0.05) is 31.0 Å². The summed E-state index contributed by atoms with van der Waals surface area (Å²) in [6.07, 6.45) is 6.79. The minimum Gasteiger partial charge on any atom is -0.360 e. The van der Waals surface area contributed by atoms with Gasteiger partial charge in [-0.2, -0.15) is 0 Å². The standard InChI is InChI=1S/C18H21N3O2/c22-17-9-12(11-21(17)13-5-1-2-6-13)20-18(23)15-10-19-16-8-4-3-7-14(15)16/h3-4,7-8,10,12-13,19H,1-2,5-6,9,11H2,(H,20,23). The molecule has 2 aromatic rings. The summed E-state index contributed by atoms with van der Waals surface area (Å²) in [6.45, 7) is 0.650. The number of carbonyl (C=O) groups is 2. The normalized spacial score (nSPS) is 22.2. The molecule has 2 aliphatic rings. The molecule has 1 aromatic carbocycles. The van der Waals surface area contributed by atoms with Crippen LogP contribution in [0.4, 0.5) is 0 Å². The number of carbonyl (C=O) groups excluding carboxylic acids is 2. The van der Waals surface area contributed by atoms with Crippen LogP contribution in [-0.2, 0) is 4.79 Å². The maximum atomic E-state index is 12.5. The molecule has 1 saturated carbocycles. The lowest BCUT2D eigenvalue weighted by atomic mass is 10.1. The molecule has 1 aliphatic heterocycles. The Balaban J connectivity index is 1.46. The fourth-order valence-electron chi connectivity index (χ4n) is 3.92. The van der Waals surface area contributed by atoms with Gasteiger partial charge in [-0.3, -0.25) is 9.59 Å². The molecule has 0 radical (unpaired) electrons. The number of para-hydroxylation sites is 1. The third-order valence-corrected chi connectivity index (χ3v) is 5.09. The highest BCUT2D eigenvalue weighted by atomic mass is 16.2. The van der Waals surface area contributed by atoms with Crippen molar-refractivity contribution in [1.29, 1.82) is 0 Å². The summed E-state index contributed by atoms with van der Waals surface area (Å²) in [5.41, 5.74) is 1.60. The van der Waals surface area contributed by atoms with E-state index in [1.165, 1.54) is 12.8 Å². The molecule has 1 unspecified atom stereocenters. The van der Waals surface area contributed by atoms with E-state index >= 15 is 0 Å². The third-order valence-electron chi connectivity index (χ3n) is 5.09. The molecule has 4 rings (SSSR count). The van der Waals surface area contributed by atoms with Crippen molar-refractivity contribution in [1.82, 2.24) is 15.2 Å². The molecular weight excluding hydrogens is 290 g/mol. The SMILES string of the molecule is O=C(NC1CC(=O)N(C2CCCC2)C1)c1c[nH]c2ccccc12. The van der Waals surface area contributed by atoms with Gasteiger partial charge in [0.05, 0.1) is 11.6 Å². The number of nitrogens with zero attached hydrogens (tertiary/aromatic N) is 1. The first-order valence-corrected chi connectivity index (χ1v) is 8.39. The van der Waals surface area contributed by atoms with Crippen molar-refractivity contribution in [2.45, 2.75) is 44.2 Å². The van der Waals surface area contributed by atoms with E-state index < -0.39 is 0 Å². The number of benzene rings is 1. The lowest BCUT2D eigenvalue weighted by molar-refractivity contribution is -0.129. The number of fused-ring (bicyclic) bond motifs is 1. The molecule has 120 valence electrons. The lowest BCUT2D eigenvalue weighted by Gasteiger charge is -2.24. The van der Waals surface area contributed by atoms with Crippen molar-refractivity contribution >= 4 is 22.7 Å². The van der Waals surface area contributed by atoms with Gasteiger partial charge in [0.1, 0.15) is 0 Å². The molecule has 23 heavy (non-hydrogen) atoms. The first-order valence-electron chi connectivity index (χ1n) is 8.39. The van der Waals surface area contributed by atoms with Crippen LogP contribution in [0.25, 0.3) is 10.9 Å². The number of hydrogen-bond acceptors (Lipinski definition) is 2. The van der Waals surface area contributed by atoms with Gasteiger partial charge in [0.2, 0.25) is 5.91 Å². The van der Waals surface area contributed by atoms with Crippen molar-refractivity contribution in [3.8, 4) is 0 Å². The van der Waals surface area contributed by atoms with Crippen LogP contribution < -0.4 is 5.32 Å². The van der Waals surface area contributed by atoms with E-state index in [1.54, 1.807) is 6.20 Å². The average Bonchev–Trinajstić information content (AvgIpc) is 3.26. The number of likely N-dealkylation sites (tertiary alicyclic amines) is 1. The van der Waals surface area contributed by atoms with Crippen LogP contribution in [0.2, 0.25) is 0 Å². The molecule has 2 heterocycles. The molecular formula is C18H21N3O2. The van der Waals surface area contributed by atoms with E-state index in [0.717, 1.165) is 23.7 Å². The lowest BCUT2D eigenvalue weighted by Crippen LogP contribution is -2.39. The maximum Gasteiger partial charge on any atom is 0.253 e. The van der Waals surface area contributed by atoms with Crippen LogP contribution in [-0.4, -0.2) is 40.3 Å². The van der Waals surface area contributed by atoms with Gasteiger partial charge in [0, 0.05) is 36.1 Å². The fraction of sp³-hybridized carbons (Fsp3) is 0.444. The van der Waals surface area contributed by atoms with E-state index in [-0.39, 0.29) is 17.9 Å². The van der Waals surface area contributed by atoms with Crippen LogP contribution in [0.3, 0.4) is 0 Å². The van der Waals surface area contributed by atoms with E-state index in [1.807, 2.05) is 29.2 Å². The third kappa shape index (κ3) is 2.60. The highest BCUT2D eigenvalue weighted by Gasteiger charge is 2.36. The second-order valence-corrected chi connectivity index (χ2v) is 6.61. The molecule has 2 N–H and O–H groups in total. The number of aromatic nitrogens is 1. The number of hydrogen-bond donors (Lipinski definition) is 2. The quantitative estimate of drug-likeness (QED) is 0.914. The van der Waals surface area contributed by atoms with Crippen LogP contribution in [0.1, 0.15) is 42.5 Å². The Morgan fingerprint density at radius 2 is 2.00 bits per heavy atom. The summed E-state index contributed by atoms with van der Waals surface area (Å²) >= 11 is 0. The van der Waals surface area contributed by atoms with Crippen molar-refractivity contribution < 1.29 is 9.59 Å². The van der Waals surface area contributed by atoms with E-state index in [2.05, 4.69) is 10.3 Å². The van der Waals surface area contributed by atoms with Crippen LogP contribution >= 0.6 is 0 Å². The van der Waals surface area contributed by atoms with E-state index in [9.17, 15) is 9.59 Å². The summed E-state index contributed by atoms with van der Waals surface area (Å²) in [5.74, 6) is 0.0784. The molecule has 2 amide bonds. The molecule has 1 aromatic heterocycles. The topological polar surface area (TPSA) is 65.2 Å². The van der Waals surface area contributed by atoms with Gasteiger partial charge in [-0.25, -0.2) is 0 Å². The highest BCUT2D eigenvalue weighted by molar-refractivity contribution is 6.07. The van der Waals surface area contributed by atoms with Gasteiger partial charge >= 0.3 is 0 Å². The number of rotatable bonds is 3. The number of amides is 2. The second-order valence-electron chi connectivity index (χ2n) is 6.61. The minimum absolute atomic E-state index is 0.0794. The Kier molecular flexibility index (Phi) is 3.56. The minimum atomic E-state index is -0.103. The smallest absolute Gasteiger partial charge is 0.253 e. The molecule has 5 nitrogen and oxygen atoms in total. The highest BCUT2D eigenvalue weighted by Crippen LogP contribution is 2.27. The van der Waals surface area contributed by atoms with Crippen molar-refractivity contribution in [3.63, 3.8) is 0 Å². The zero-order valence-electron chi connectivity index (χ0n) is 13.0. The van der Waals surface area contributed by atoms with Gasteiger partial charge in [-0.15, -0.1) is 0 Å². The van der Waals surface area contributed by atoms with Gasteiger partial charge in [0.25, 0.3) is 5.91 Å². The van der Waals surface area contributed by atoms with Crippen molar-refractivity contribution in [2.24, 2.45) is 0 Å². The maximum absolute atomic E-state index is 12.5. The van der Waals surface area contributed by atoms with Gasteiger partial charge < -0.3 is 15.2 Å². The summed E-state index contributed by atoms with van der Waals surface area (Å²) in [6, 6.07) is 8.06. The predicted octanol–water partition coefficient (Wildman–Crippen LogP) is 2.44. The molecule has 2 fully saturated rings. The molecule has 0 spiro atoms. The number of nitrogens with one attached hydrogen (secondary N) is 2. The number of H-pyrrole nitrogens is 1. The first-order chi connectivity index (χ1) is 11.2. The average molecular weight is 311 g/mol. The summed E-state index contributed by atoms with van der Waals surface area (Å²) in [5, 5.41) is 3.95. The van der Waals surface area contributed by atoms with Crippen LogP contribution in [0.15, 0.2) is 30.5 Å². The molecule has 1 aliphatic carbocycles.